The zero-order valence-corrected chi connectivity index (χ0v) is 9.63. The van der Waals surface area contributed by atoms with Gasteiger partial charge >= 0.3 is 5.97 Å². The van der Waals surface area contributed by atoms with Gasteiger partial charge in [0.15, 0.2) is 0 Å². The van der Waals surface area contributed by atoms with E-state index in [4.69, 9.17) is 10.8 Å². The normalized spacial score (nSPS) is 11.6. The van der Waals surface area contributed by atoms with Crippen molar-refractivity contribution < 1.29 is 19.5 Å². The molecule has 1 rings (SSSR count). The SMILES string of the molecule is NC(CC(=O)NC(=O)Cc1ccccc1)C(=O)O. The minimum absolute atomic E-state index is 0.0644. The van der Waals surface area contributed by atoms with Crippen LogP contribution in [0.1, 0.15) is 12.0 Å². The molecule has 1 aromatic rings. The Morgan fingerprint density at radius 3 is 2.33 bits per heavy atom. The molecule has 0 saturated carbocycles. The van der Waals surface area contributed by atoms with Gasteiger partial charge in [0, 0.05) is 0 Å². The number of hydrogen-bond acceptors (Lipinski definition) is 4. The molecule has 0 radical (unpaired) electrons. The van der Waals surface area contributed by atoms with Crippen molar-refractivity contribution in [3.63, 3.8) is 0 Å². The predicted octanol–water partition coefficient (Wildman–Crippen LogP) is -0.326. The molecule has 18 heavy (non-hydrogen) atoms. The van der Waals surface area contributed by atoms with E-state index in [1.807, 2.05) is 6.07 Å². The zero-order chi connectivity index (χ0) is 13.5. The highest BCUT2D eigenvalue weighted by molar-refractivity contribution is 5.97. The molecule has 0 fully saturated rings. The van der Waals surface area contributed by atoms with Crippen LogP contribution in [0.15, 0.2) is 30.3 Å². The smallest absolute Gasteiger partial charge is 0.321 e. The summed E-state index contributed by atoms with van der Waals surface area (Å²) in [5.41, 5.74) is 5.94. The fraction of sp³-hybridized carbons (Fsp3) is 0.250. The highest BCUT2D eigenvalue weighted by Gasteiger charge is 2.17. The number of nitrogens with one attached hydrogen (secondary N) is 1. The standard InChI is InChI=1S/C12H14N2O4/c13-9(12(17)18)7-11(16)14-10(15)6-8-4-2-1-3-5-8/h1-5,9H,6-7,13H2,(H,17,18)(H,14,15,16). The molecule has 1 atom stereocenters. The molecule has 0 saturated heterocycles. The van der Waals surface area contributed by atoms with Gasteiger partial charge in [0.2, 0.25) is 11.8 Å². The molecule has 2 amide bonds. The average Bonchev–Trinajstić information content (AvgIpc) is 2.29. The number of aliphatic carboxylic acids is 1. The summed E-state index contributed by atoms with van der Waals surface area (Å²) in [6, 6.07) is 7.60. The zero-order valence-electron chi connectivity index (χ0n) is 9.63. The van der Waals surface area contributed by atoms with Crippen LogP contribution in [-0.2, 0) is 20.8 Å². The minimum Gasteiger partial charge on any atom is -0.480 e. The van der Waals surface area contributed by atoms with Crippen molar-refractivity contribution in [3.8, 4) is 0 Å². The van der Waals surface area contributed by atoms with Gasteiger partial charge in [0.25, 0.3) is 0 Å². The van der Waals surface area contributed by atoms with Gasteiger partial charge in [-0.3, -0.25) is 19.7 Å². The van der Waals surface area contributed by atoms with Gasteiger partial charge in [-0.05, 0) is 5.56 Å². The largest absolute Gasteiger partial charge is 0.480 e. The van der Waals surface area contributed by atoms with E-state index in [0.29, 0.717) is 0 Å². The lowest BCUT2D eigenvalue weighted by molar-refractivity contribution is -0.141. The molecule has 4 N–H and O–H groups in total. The Labute approximate surface area is 104 Å². The Hall–Kier alpha value is -2.21. The number of imide groups is 1. The van der Waals surface area contributed by atoms with Crippen LogP contribution in [0.3, 0.4) is 0 Å². The molecule has 6 nitrogen and oxygen atoms in total. The molecule has 0 aromatic heterocycles. The van der Waals surface area contributed by atoms with Crippen LogP contribution in [0.25, 0.3) is 0 Å². The van der Waals surface area contributed by atoms with E-state index in [9.17, 15) is 14.4 Å². The van der Waals surface area contributed by atoms with Crippen molar-refractivity contribution in [3.05, 3.63) is 35.9 Å². The molecule has 0 spiro atoms. The van der Waals surface area contributed by atoms with Crippen LogP contribution >= 0.6 is 0 Å². The number of amides is 2. The number of nitrogens with two attached hydrogens (primary N) is 1. The number of rotatable bonds is 5. The molecule has 0 aliphatic rings. The van der Waals surface area contributed by atoms with Crippen LogP contribution in [0.2, 0.25) is 0 Å². The Balaban J connectivity index is 2.41. The highest BCUT2D eigenvalue weighted by Crippen LogP contribution is 1.99. The van der Waals surface area contributed by atoms with E-state index in [-0.39, 0.29) is 6.42 Å². The van der Waals surface area contributed by atoms with E-state index in [1.165, 1.54) is 0 Å². The lowest BCUT2D eigenvalue weighted by atomic mass is 10.1. The summed E-state index contributed by atoms with van der Waals surface area (Å²) in [5.74, 6) is -2.45. The van der Waals surface area contributed by atoms with Crippen molar-refractivity contribution in [2.45, 2.75) is 18.9 Å². The molecule has 6 heteroatoms. The predicted molar refractivity (Wildman–Crippen MR) is 63.5 cm³/mol. The topological polar surface area (TPSA) is 109 Å². The Morgan fingerprint density at radius 1 is 1.17 bits per heavy atom. The number of carboxylic acid groups (broad SMARTS) is 1. The monoisotopic (exact) mass is 250 g/mol. The second-order valence-corrected chi connectivity index (χ2v) is 3.78. The van der Waals surface area contributed by atoms with E-state index < -0.39 is 30.2 Å². The summed E-state index contributed by atoms with van der Waals surface area (Å²) in [6.45, 7) is 0. The third kappa shape index (κ3) is 4.75. The Kier molecular flexibility index (Phi) is 5.01. The van der Waals surface area contributed by atoms with Crippen molar-refractivity contribution in [1.29, 1.82) is 0 Å². The van der Waals surface area contributed by atoms with E-state index in [0.717, 1.165) is 5.56 Å². The summed E-state index contributed by atoms with van der Waals surface area (Å²) < 4.78 is 0. The third-order valence-corrected chi connectivity index (χ3v) is 2.21. The maximum atomic E-state index is 11.5. The molecular formula is C12H14N2O4. The van der Waals surface area contributed by atoms with Crippen LogP contribution < -0.4 is 11.1 Å². The maximum Gasteiger partial charge on any atom is 0.321 e. The maximum absolute atomic E-state index is 11.5. The average molecular weight is 250 g/mol. The minimum atomic E-state index is -1.30. The van der Waals surface area contributed by atoms with Gasteiger partial charge in [0.05, 0.1) is 12.8 Å². The Bertz CT molecular complexity index is 445. The lowest BCUT2D eigenvalue weighted by Gasteiger charge is -2.06. The second kappa shape index (κ2) is 6.51. The van der Waals surface area contributed by atoms with Gasteiger partial charge in [-0.25, -0.2) is 0 Å². The van der Waals surface area contributed by atoms with Gasteiger partial charge in [-0.1, -0.05) is 30.3 Å². The Morgan fingerprint density at radius 2 is 1.78 bits per heavy atom. The van der Waals surface area contributed by atoms with Gasteiger partial charge in [0.1, 0.15) is 6.04 Å². The fourth-order valence-corrected chi connectivity index (χ4v) is 1.32. The van der Waals surface area contributed by atoms with Crippen molar-refractivity contribution in [2.24, 2.45) is 5.73 Å². The second-order valence-electron chi connectivity index (χ2n) is 3.78. The summed E-state index contributed by atoms with van der Waals surface area (Å²) in [4.78, 5) is 33.2. The van der Waals surface area contributed by atoms with Gasteiger partial charge in [-0.15, -0.1) is 0 Å². The molecule has 96 valence electrons. The number of hydrogen-bond donors (Lipinski definition) is 3. The number of carbonyl (C=O) groups excluding carboxylic acids is 2. The molecule has 1 unspecified atom stereocenters. The number of carboxylic acids is 1. The molecule has 1 aromatic carbocycles. The first-order valence-electron chi connectivity index (χ1n) is 5.34. The number of benzene rings is 1. The highest BCUT2D eigenvalue weighted by atomic mass is 16.4. The van der Waals surface area contributed by atoms with Gasteiger partial charge < -0.3 is 10.8 Å². The first-order chi connectivity index (χ1) is 8.49. The first kappa shape index (κ1) is 13.9. The van der Waals surface area contributed by atoms with Crippen molar-refractivity contribution in [2.75, 3.05) is 0 Å². The van der Waals surface area contributed by atoms with Crippen LogP contribution in [0.4, 0.5) is 0 Å². The van der Waals surface area contributed by atoms with Crippen molar-refractivity contribution >= 4 is 17.8 Å². The number of carbonyl (C=O) groups is 3. The third-order valence-electron chi connectivity index (χ3n) is 2.21. The summed E-state index contributed by atoms with van der Waals surface area (Å²) in [7, 11) is 0. The van der Waals surface area contributed by atoms with Crippen molar-refractivity contribution in [1.82, 2.24) is 5.32 Å². The molecule has 0 heterocycles. The summed E-state index contributed by atoms with van der Waals surface area (Å²) >= 11 is 0. The molecular weight excluding hydrogens is 236 g/mol. The van der Waals surface area contributed by atoms with Crippen LogP contribution in [0, 0.1) is 0 Å². The van der Waals surface area contributed by atoms with E-state index >= 15 is 0 Å². The van der Waals surface area contributed by atoms with Crippen LogP contribution in [0.5, 0.6) is 0 Å². The summed E-state index contributed by atoms with van der Waals surface area (Å²) in [5, 5.41) is 10.6. The molecule has 0 aliphatic heterocycles. The lowest BCUT2D eigenvalue weighted by Crippen LogP contribution is -2.39. The molecule has 0 bridgehead atoms. The fourth-order valence-electron chi connectivity index (χ4n) is 1.32. The van der Waals surface area contributed by atoms with Gasteiger partial charge in [-0.2, -0.15) is 0 Å². The summed E-state index contributed by atoms with van der Waals surface area (Å²) in [6.07, 6.45) is -0.356. The van der Waals surface area contributed by atoms with E-state index in [2.05, 4.69) is 5.32 Å². The quantitative estimate of drug-likeness (QED) is 0.663. The molecule has 0 aliphatic carbocycles. The first-order valence-corrected chi connectivity index (χ1v) is 5.34. The van der Waals surface area contributed by atoms with Crippen LogP contribution in [-0.4, -0.2) is 28.9 Å². The van der Waals surface area contributed by atoms with E-state index in [1.54, 1.807) is 24.3 Å².